The van der Waals surface area contributed by atoms with E-state index in [1.165, 1.54) is 0 Å². The average Bonchev–Trinajstić information content (AvgIpc) is 2.67. The summed E-state index contributed by atoms with van der Waals surface area (Å²) in [7, 11) is 1.54. The van der Waals surface area contributed by atoms with Crippen LogP contribution in [0.3, 0.4) is 0 Å². The second-order valence-corrected chi connectivity index (χ2v) is 4.99. The van der Waals surface area contributed by atoms with E-state index < -0.39 is 0 Å². The van der Waals surface area contributed by atoms with E-state index in [2.05, 4.69) is 20.5 Å². The molecule has 0 saturated heterocycles. The van der Waals surface area contributed by atoms with Gasteiger partial charge in [-0.25, -0.2) is 0 Å². The molecular formula is C18H16N4O2. The molecule has 1 amide bonds. The van der Waals surface area contributed by atoms with Gasteiger partial charge in [0.1, 0.15) is 11.4 Å². The van der Waals surface area contributed by atoms with Crippen LogP contribution in [0.1, 0.15) is 0 Å². The number of carbonyl (C=O) groups excluding carboxylic acids is 1. The molecule has 3 rings (SSSR count). The van der Waals surface area contributed by atoms with Crippen LogP contribution >= 0.6 is 0 Å². The molecule has 0 radical (unpaired) electrons. The molecule has 2 aromatic carbocycles. The third kappa shape index (κ3) is 3.55. The zero-order valence-electron chi connectivity index (χ0n) is 13.1. The number of nitrogens with one attached hydrogen (secondary N) is 1. The molecule has 6 heteroatoms. The second kappa shape index (κ2) is 7.32. The van der Waals surface area contributed by atoms with Crippen molar-refractivity contribution in [3.8, 4) is 28.5 Å². The van der Waals surface area contributed by atoms with E-state index in [1.807, 2.05) is 60.7 Å². The minimum atomic E-state index is -0.257. The van der Waals surface area contributed by atoms with Crippen molar-refractivity contribution in [2.75, 3.05) is 13.7 Å². The molecule has 0 spiro atoms. The summed E-state index contributed by atoms with van der Waals surface area (Å²) in [6.45, 7) is -0.156. The second-order valence-electron chi connectivity index (χ2n) is 4.99. The monoisotopic (exact) mass is 320 g/mol. The quantitative estimate of drug-likeness (QED) is 0.781. The van der Waals surface area contributed by atoms with E-state index in [4.69, 9.17) is 4.74 Å². The van der Waals surface area contributed by atoms with Gasteiger partial charge in [-0.3, -0.25) is 4.79 Å². The Morgan fingerprint density at radius 1 is 0.917 bits per heavy atom. The number of ether oxygens (including phenoxy) is 1. The van der Waals surface area contributed by atoms with Gasteiger partial charge in [0.25, 0.3) is 5.91 Å². The molecule has 0 fully saturated rings. The van der Waals surface area contributed by atoms with Crippen LogP contribution in [-0.4, -0.2) is 34.7 Å². The zero-order chi connectivity index (χ0) is 16.8. The fourth-order valence-electron chi connectivity index (χ4n) is 2.16. The number of rotatable bonds is 5. The van der Waals surface area contributed by atoms with Crippen LogP contribution in [0.4, 0.5) is 0 Å². The molecule has 1 N–H and O–H groups in total. The Morgan fingerprint density at radius 3 is 2.08 bits per heavy atom. The maximum Gasteiger partial charge on any atom is 0.336 e. The van der Waals surface area contributed by atoms with Crippen molar-refractivity contribution in [3.63, 3.8) is 0 Å². The highest BCUT2D eigenvalue weighted by atomic mass is 16.5. The van der Waals surface area contributed by atoms with Crippen molar-refractivity contribution in [1.82, 2.24) is 20.5 Å². The summed E-state index contributed by atoms with van der Waals surface area (Å²) in [4.78, 5) is 15.8. The zero-order valence-corrected chi connectivity index (χ0v) is 13.1. The number of likely N-dealkylation sites (N-methyl/N-ethyl adjacent to an activating group) is 1. The van der Waals surface area contributed by atoms with Gasteiger partial charge >= 0.3 is 6.01 Å². The molecule has 0 aliphatic carbocycles. The molecule has 0 aliphatic rings. The summed E-state index contributed by atoms with van der Waals surface area (Å²) < 4.78 is 5.31. The van der Waals surface area contributed by atoms with E-state index in [0.29, 0.717) is 11.4 Å². The third-order valence-electron chi connectivity index (χ3n) is 3.37. The van der Waals surface area contributed by atoms with Crippen molar-refractivity contribution in [2.24, 2.45) is 0 Å². The number of hydrogen-bond donors (Lipinski definition) is 1. The van der Waals surface area contributed by atoms with Gasteiger partial charge in [-0.2, -0.15) is 4.98 Å². The first-order valence-corrected chi connectivity index (χ1v) is 7.47. The SMILES string of the molecule is CNC(=O)COc1nnc(-c2ccccc2)c(-c2ccccc2)n1. The Labute approximate surface area is 139 Å². The van der Waals surface area contributed by atoms with Crippen LogP contribution in [0, 0.1) is 0 Å². The van der Waals surface area contributed by atoms with E-state index >= 15 is 0 Å². The maximum absolute atomic E-state index is 11.3. The van der Waals surface area contributed by atoms with E-state index in [-0.39, 0.29) is 18.5 Å². The summed E-state index contributed by atoms with van der Waals surface area (Å²) in [5, 5.41) is 10.7. The van der Waals surface area contributed by atoms with Crippen LogP contribution in [0.15, 0.2) is 60.7 Å². The predicted molar refractivity (Wildman–Crippen MR) is 90.3 cm³/mol. The number of nitrogens with zero attached hydrogens (tertiary/aromatic N) is 3. The summed E-state index contributed by atoms with van der Waals surface area (Å²) >= 11 is 0. The smallest absolute Gasteiger partial charge is 0.336 e. The number of carbonyl (C=O) groups is 1. The molecule has 24 heavy (non-hydrogen) atoms. The Balaban J connectivity index is 2.02. The lowest BCUT2D eigenvalue weighted by Crippen LogP contribution is -2.25. The van der Waals surface area contributed by atoms with Crippen LogP contribution in [-0.2, 0) is 4.79 Å². The van der Waals surface area contributed by atoms with Gasteiger partial charge in [0.15, 0.2) is 6.61 Å². The Morgan fingerprint density at radius 2 is 1.50 bits per heavy atom. The molecule has 1 heterocycles. The number of benzene rings is 2. The van der Waals surface area contributed by atoms with Gasteiger partial charge in [-0.15, -0.1) is 5.10 Å². The number of amides is 1. The average molecular weight is 320 g/mol. The Kier molecular flexibility index (Phi) is 4.76. The van der Waals surface area contributed by atoms with Crippen LogP contribution in [0.2, 0.25) is 0 Å². The molecule has 0 atom stereocenters. The van der Waals surface area contributed by atoms with Crippen LogP contribution in [0.5, 0.6) is 6.01 Å². The van der Waals surface area contributed by atoms with Gasteiger partial charge < -0.3 is 10.1 Å². The third-order valence-corrected chi connectivity index (χ3v) is 3.37. The molecule has 0 aliphatic heterocycles. The highest BCUT2D eigenvalue weighted by Crippen LogP contribution is 2.28. The van der Waals surface area contributed by atoms with Crippen molar-refractivity contribution < 1.29 is 9.53 Å². The van der Waals surface area contributed by atoms with Crippen LogP contribution in [0.25, 0.3) is 22.5 Å². The Hall–Kier alpha value is -3.28. The maximum atomic E-state index is 11.3. The first-order chi connectivity index (χ1) is 11.8. The van der Waals surface area contributed by atoms with Crippen molar-refractivity contribution in [2.45, 2.75) is 0 Å². The van der Waals surface area contributed by atoms with Crippen molar-refractivity contribution >= 4 is 5.91 Å². The van der Waals surface area contributed by atoms with Gasteiger partial charge in [0, 0.05) is 18.2 Å². The standard InChI is InChI=1S/C18H16N4O2/c1-19-15(23)12-24-18-20-16(13-8-4-2-5-9-13)17(21-22-18)14-10-6-3-7-11-14/h2-11H,12H2,1H3,(H,19,23). The van der Waals surface area contributed by atoms with Gasteiger partial charge in [-0.05, 0) is 0 Å². The molecule has 0 unspecified atom stereocenters. The fourth-order valence-corrected chi connectivity index (χ4v) is 2.16. The van der Waals surface area contributed by atoms with Gasteiger partial charge in [-0.1, -0.05) is 65.8 Å². The molecule has 3 aromatic rings. The van der Waals surface area contributed by atoms with Gasteiger partial charge in [0.2, 0.25) is 0 Å². The van der Waals surface area contributed by atoms with Crippen LogP contribution < -0.4 is 10.1 Å². The predicted octanol–water partition coefficient (Wildman–Crippen LogP) is 2.33. The summed E-state index contributed by atoms with van der Waals surface area (Å²) in [5.41, 5.74) is 3.13. The lowest BCUT2D eigenvalue weighted by molar-refractivity contribution is -0.122. The van der Waals surface area contributed by atoms with E-state index in [0.717, 1.165) is 11.1 Å². The summed E-state index contributed by atoms with van der Waals surface area (Å²) in [5.74, 6) is -0.257. The van der Waals surface area contributed by atoms with Crippen molar-refractivity contribution in [3.05, 3.63) is 60.7 Å². The highest BCUT2D eigenvalue weighted by Gasteiger charge is 2.14. The molecular weight excluding hydrogens is 304 g/mol. The molecule has 0 bridgehead atoms. The lowest BCUT2D eigenvalue weighted by Gasteiger charge is -2.09. The summed E-state index contributed by atoms with van der Waals surface area (Å²) in [6, 6.07) is 19.4. The molecule has 120 valence electrons. The van der Waals surface area contributed by atoms with E-state index in [9.17, 15) is 4.79 Å². The summed E-state index contributed by atoms with van der Waals surface area (Å²) in [6.07, 6.45) is 0. The molecule has 0 saturated carbocycles. The molecule has 1 aromatic heterocycles. The fraction of sp³-hybridized carbons (Fsp3) is 0.111. The normalized spacial score (nSPS) is 10.2. The first kappa shape index (κ1) is 15.6. The largest absolute Gasteiger partial charge is 0.452 e. The number of hydrogen-bond acceptors (Lipinski definition) is 5. The van der Waals surface area contributed by atoms with Gasteiger partial charge in [0.05, 0.1) is 0 Å². The molecule has 6 nitrogen and oxygen atoms in total. The lowest BCUT2D eigenvalue weighted by atomic mass is 10.0. The first-order valence-electron chi connectivity index (χ1n) is 7.47. The minimum Gasteiger partial charge on any atom is -0.452 e. The Bertz CT molecular complexity index is 823. The highest BCUT2D eigenvalue weighted by molar-refractivity contribution is 5.78. The minimum absolute atomic E-state index is 0.0668. The number of aromatic nitrogens is 3. The topological polar surface area (TPSA) is 77.0 Å². The van der Waals surface area contributed by atoms with E-state index in [1.54, 1.807) is 7.05 Å². The van der Waals surface area contributed by atoms with Crippen molar-refractivity contribution in [1.29, 1.82) is 0 Å².